The number of nitrogens with zero attached hydrogens (tertiary/aromatic N) is 1. The minimum atomic E-state index is -1.18. The number of carbonyl (C=O) groups is 2. The molecule has 0 aliphatic carbocycles. The van der Waals surface area contributed by atoms with E-state index >= 15 is 0 Å². The molecule has 3 rings (SSSR count). The summed E-state index contributed by atoms with van der Waals surface area (Å²) in [6.45, 7) is 0. The van der Waals surface area contributed by atoms with Crippen molar-refractivity contribution in [3.05, 3.63) is 54.1 Å². The standard InChI is InChI=1S/C19H20N2O5/c1-25-14-7-3-12(4-8-14)16-11-17(22)21(18(16)20-19(23)24)13-5-9-15(26-2)10-6-13/h3-10,16,18,20H,11H2,1-2H3,(H,23,24). The second-order valence-electron chi connectivity index (χ2n) is 5.94. The molecule has 2 atom stereocenters. The number of carbonyl (C=O) groups excluding carboxylic acids is 1. The Bertz CT molecular complexity index is 789. The molecular formula is C19H20N2O5. The zero-order valence-electron chi connectivity index (χ0n) is 14.5. The molecule has 2 unspecified atom stereocenters. The van der Waals surface area contributed by atoms with Crippen molar-refractivity contribution in [2.75, 3.05) is 19.1 Å². The number of ether oxygens (including phenoxy) is 2. The summed E-state index contributed by atoms with van der Waals surface area (Å²) < 4.78 is 10.3. The van der Waals surface area contributed by atoms with Gasteiger partial charge in [0.2, 0.25) is 5.91 Å². The summed E-state index contributed by atoms with van der Waals surface area (Å²) in [5.74, 6) is 0.920. The summed E-state index contributed by atoms with van der Waals surface area (Å²) in [4.78, 5) is 25.5. The Morgan fingerprint density at radius 3 is 2.08 bits per heavy atom. The van der Waals surface area contributed by atoms with Crippen molar-refractivity contribution in [2.45, 2.75) is 18.5 Å². The van der Waals surface area contributed by atoms with Crippen LogP contribution in [0.3, 0.4) is 0 Å². The molecule has 0 radical (unpaired) electrons. The molecule has 136 valence electrons. The third-order valence-electron chi connectivity index (χ3n) is 4.49. The quantitative estimate of drug-likeness (QED) is 0.860. The molecule has 0 bridgehead atoms. The topological polar surface area (TPSA) is 88.1 Å². The van der Waals surface area contributed by atoms with Gasteiger partial charge in [0, 0.05) is 18.0 Å². The lowest BCUT2D eigenvalue weighted by atomic mass is 9.95. The van der Waals surface area contributed by atoms with Gasteiger partial charge in [-0.2, -0.15) is 0 Å². The van der Waals surface area contributed by atoms with Crippen molar-refractivity contribution >= 4 is 17.7 Å². The van der Waals surface area contributed by atoms with Crippen molar-refractivity contribution in [3.8, 4) is 11.5 Å². The Morgan fingerprint density at radius 2 is 1.58 bits per heavy atom. The Kier molecular flexibility index (Phi) is 4.97. The van der Waals surface area contributed by atoms with E-state index in [4.69, 9.17) is 9.47 Å². The van der Waals surface area contributed by atoms with Gasteiger partial charge in [0.05, 0.1) is 14.2 Å². The number of hydrogen-bond acceptors (Lipinski definition) is 4. The second kappa shape index (κ2) is 7.35. The number of carboxylic acid groups (broad SMARTS) is 1. The summed E-state index contributed by atoms with van der Waals surface area (Å²) >= 11 is 0. The lowest BCUT2D eigenvalue weighted by Gasteiger charge is -2.28. The minimum Gasteiger partial charge on any atom is -0.497 e. The van der Waals surface area contributed by atoms with Crippen LogP contribution >= 0.6 is 0 Å². The zero-order chi connectivity index (χ0) is 18.7. The molecule has 0 aromatic heterocycles. The zero-order valence-corrected chi connectivity index (χ0v) is 14.5. The Morgan fingerprint density at radius 1 is 1.04 bits per heavy atom. The van der Waals surface area contributed by atoms with Crippen LogP contribution in [-0.2, 0) is 4.79 Å². The van der Waals surface area contributed by atoms with Crippen molar-refractivity contribution < 1.29 is 24.2 Å². The van der Waals surface area contributed by atoms with Gasteiger partial charge < -0.3 is 19.9 Å². The van der Waals surface area contributed by atoms with Crippen LogP contribution in [0, 0.1) is 0 Å². The number of rotatable bonds is 5. The SMILES string of the molecule is COc1ccc(C2CC(=O)N(c3ccc(OC)cc3)C2NC(=O)O)cc1. The van der Waals surface area contributed by atoms with Crippen molar-refractivity contribution in [3.63, 3.8) is 0 Å². The first kappa shape index (κ1) is 17.6. The first-order valence-electron chi connectivity index (χ1n) is 8.13. The minimum absolute atomic E-state index is 0.144. The third-order valence-corrected chi connectivity index (χ3v) is 4.49. The van der Waals surface area contributed by atoms with E-state index in [1.807, 2.05) is 12.1 Å². The first-order valence-corrected chi connectivity index (χ1v) is 8.13. The number of anilines is 1. The normalized spacial score (nSPS) is 19.3. The number of benzene rings is 2. The number of amides is 2. The molecule has 7 heteroatoms. The maximum Gasteiger partial charge on any atom is 0.406 e. The molecule has 2 amide bonds. The molecule has 1 fully saturated rings. The Balaban J connectivity index is 1.95. The van der Waals surface area contributed by atoms with E-state index in [1.165, 1.54) is 4.90 Å². The van der Waals surface area contributed by atoms with Crippen LogP contribution in [0.2, 0.25) is 0 Å². The van der Waals surface area contributed by atoms with E-state index in [0.29, 0.717) is 17.2 Å². The van der Waals surface area contributed by atoms with Crippen LogP contribution in [0.1, 0.15) is 17.9 Å². The first-order chi connectivity index (χ1) is 12.5. The van der Waals surface area contributed by atoms with Crippen LogP contribution < -0.4 is 19.7 Å². The lowest BCUT2D eigenvalue weighted by molar-refractivity contribution is -0.117. The predicted molar refractivity (Wildman–Crippen MR) is 95.8 cm³/mol. The third kappa shape index (κ3) is 3.42. The molecular weight excluding hydrogens is 336 g/mol. The highest BCUT2D eigenvalue weighted by molar-refractivity contribution is 5.98. The number of hydrogen-bond donors (Lipinski definition) is 2. The predicted octanol–water partition coefficient (Wildman–Crippen LogP) is 2.82. The van der Waals surface area contributed by atoms with Gasteiger partial charge in [-0.25, -0.2) is 4.79 Å². The molecule has 1 heterocycles. The van der Waals surface area contributed by atoms with E-state index in [-0.39, 0.29) is 18.2 Å². The fourth-order valence-corrected chi connectivity index (χ4v) is 3.22. The molecule has 2 aromatic rings. The fraction of sp³-hybridized carbons (Fsp3) is 0.263. The molecule has 2 aromatic carbocycles. The smallest absolute Gasteiger partial charge is 0.406 e. The second-order valence-corrected chi connectivity index (χ2v) is 5.94. The van der Waals surface area contributed by atoms with Crippen LogP contribution in [0.5, 0.6) is 11.5 Å². The van der Waals surface area contributed by atoms with Crippen LogP contribution in [0.4, 0.5) is 10.5 Å². The summed E-state index contributed by atoms with van der Waals surface area (Å²) in [5.41, 5.74) is 1.49. The maximum absolute atomic E-state index is 12.7. The highest BCUT2D eigenvalue weighted by atomic mass is 16.5. The summed E-state index contributed by atoms with van der Waals surface area (Å²) in [5, 5.41) is 11.8. The molecule has 0 spiro atoms. The van der Waals surface area contributed by atoms with Gasteiger partial charge >= 0.3 is 6.09 Å². The van der Waals surface area contributed by atoms with Crippen molar-refractivity contribution in [2.24, 2.45) is 0 Å². The van der Waals surface area contributed by atoms with Gasteiger partial charge in [0.1, 0.15) is 17.7 Å². The van der Waals surface area contributed by atoms with Gasteiger partial charge in [-0.3, -0.25) is 9.69 Å². The van der Waals surface area contributed by atoms with E-state index in [2.05, 4.69) is 5.32 Å². The van der Waals surface area contributed by atoms with Gasteiger partial charge in [0.25, 0.3) is 0 Å². The average Bonchev–Trinajstić information content (AvgIpc) is 2.97. The average molecular weight is 356 g/mol. The molecule has 7 nitrogen and oxygen atoms in total. The molecule has 0 saturated carbocycles. The summed E-state index contributed by atoms with van der Waals surface area (Å²) in [6.07, 6.45) is -1.66. The molecule has 2 N–H and O–H groups in total. The van der Waals surface area contributed by atoms with Crippen LogP contribution in [0.25, 0.3) is 0 Å². The monoisotopic (exact) mass is 356 g/mol. The van der Waals surface area contributed by atoms with E-state index in [1.54, 1.807) is 50.6 Å². The highest BCUT2D eigenvalue weighted by Crippen LogP contribution is 2.37. The van der Waals surface area contributed by atoms with Crippen molar-refractivity contribution in [1.82, 2.24) is 5.32 Å². The summed E-state index contributed by atoms with van der Waals surface area (Å²) in [7, 11) is 3.14. The fourth-order valence-electron chi connectivity index (χ4n) is 3.22. The van der Waals surface area contributed by atoms with E-state index in [9.17, 15) is 14.7 Å². The van der Waals surface area contributed by atoms with Gasteiger partial charge in [-0.05, 0) is 42.0 Å². The van der Waals surface area contributed by atoms with Crippen molar-refractivity contribution in [1.29, 1.82) is 0 Å². The lowest BCUT2D eigenvalue weighted by Crippen LogP contribution is -2.47. The highest BCUT2D eigenvalue weighted by Gasteiger charge is 2.42. The molecule has 1 aliphatic rings. The van der Waals surface area contributed by atoms with Gasteiger partial charge in [-0.1, -0.05) is 12.1 Å². The molecule has 1 saturated heterocycles. The van der Waals surface area contributed by atoms with Crippen LogP contribution in [0.15, 0.2) is 48.5 Å². The number of methoxy groups -OCH3 is 2. The van der Waals surface area contributed by atoms with E-state index < -0.39 is 12.3 Å². The Hall–Kier alpha value is -3.22. The molecule has 1 aliphatic heterocycles. The maximum atomic E-state index is 12.7. The largest absolute Gasteiger partial charge is 0.497 e. The molecule has 26 heavy (non-hydrogen) atoms. The van der Waals surface area contributed by atoms with Gasteiger partial charge in [-0.15, -0.1) is 0 Å². The summed E-state index contributed by atoms with van der Waals surface area (Å²) in [6, 6.07) is 14.3. The van der Waals surface area contributed by atoms with Crippen LogP contribution in [-0.4, -0.2) is 37.5 Å². The van der Waals surface area contributed by atoms with Gasteiger partial charge in [0.15, 0.2) is 0 Å². The van der Waals surface area contributed by atoms with E-state index in [0.717, 1.165) is 5.56 Å². The Labute approximate surface area is 151 Å². The number of nitrogens with one attached hydrogen (secondary N) is 1.